The molecule has 3 N–H and O–H groups in total. The number of hydrogen-bond acceptors (Lipinski definition) is 5. The van der Waals surface area contributed by atoms with E-state index in [1.165, 1.54) is 0 Å². The van der Waals surface area contributed by atoms with Gasteiger partial charge in [0.25, 0.3) is 11.7 Å². The lowest BCUT2D eigenvalue weighted by Crippen LogP contribution is -2.33. The van der Waals surface area contributed by atoms with Crippen molar-refractivity contribution in [3.63, 3.8) is 0 Å². The first-order chi connectivity index (χ1) is 7.53. The molecule has 1 aliphatic carbocycles. The van der Waals surface area contributed by atoms with Crippen molar-refractivity contribution in [2.75, 3.05) is 0 Å². The molecular weight excluding hydrogens is 208 g/mol. The summed E-state index contributed by atoms with van der Waals surface area (Å²) < 4.78 is 5.00. The number of nitrogens with zero attached hydrogens (tertiary/aromatic N) is 2. The fourth-order valence-corrected chi connectivity index (χ4v) is 1.18. The lowest BCUT2D eigenvalue weighted by Gasteiger charge is -2.16. The Kier molecular flexibility index (Phi) is 2.67. The van der Waals surface area contributed by atoms with Crippen LogP contribution in [0, 0.1) is 0 Å². The highest BCUT2D eigenvalue weighted by Crippen LogP contribution is 2.21. The summed E-state index contributed by atoms with van der Waals surface area (Å²) in [7, 11) is 0. The second-order valence-corrected chi connectivity index (χ2v) is 4.44. The van der Waals surface area contributed by atoms with Crippen molar-refractivity contribution < 1.29 is 9.32 Å². The van der Waals surface area contributed by atoms with Crippen molar-refractivity contribution in [1.82, 2.24) is 15.5 Å². The summed E-state index contributed by atoms with van der Waals surface area (Å²) in [5.41, 5.74) is 5.26. The number of rotatable bonds is 4. The smallest absolute Gasteiger partial charge is 0.292 e. The third-order valence-corrected chi connectivity index (χ3v) is 2.76. The molecule has 0 radical (unpaired) electrons. The molecule has 0 aliphatic heterocycles. The van der Waals surface area contributed by atoms with E-state index in [1.54, 1.807) is 6.92 Å². The summed E-state index contributed by atoms with van der Waals surface area (Å²) in [4.78, 5) is 15.6. The van der Waals surface area contributed by atoms with Crippen molar-refractivity contribution in [2.45, 2.75) is 44.7 Å². The predicted octanol–water partition coefficient (Wildman–Crippen LogP) is 0.546. The Labute approximate surface area is 93.6 Å². The minimum Gasteiger partial charge on any atom is -0.346 e. The molecule has 1 aliphatic rings. The van der Waals surface area contributed by atoms with E-state index in [9.17, 15) is 4.79 Å². The second-order valence-electron chi connectivity index (χ2n) is 4.44. The Morgan fingerprint density at radius 2 is 2.38 bits per heavy atom. The van der Waals surface area contributed by atoms with Crippen LogP contribution in [0.15, 0.2) is 4.52 Å². The standard InChI is InChI=1S/C10H16N4O2/c1-3-10(2,11)9-13-7(14-16-9)8(15)12-6-4-5-6/h6H,3-5,11H2,1-2H3,(H,12,15). The first-order valence-corrected chi connectivity index (χ1v) is 5.47. The minimum absolute atomic E-state index is 0.0621. The Bertz CT molecular complexity index is 395. The van der Waals surface area contributed by atoms with Gasteiger partial charge in [0.1, 0.15) is 0 Å². The molecule has 1 aromatic heterocycles. The molecule has 6 heteroatoms. The molecule has 1 atom stereocenters. The number of aromatic nitrogens is 2. The van der Waals surface area contributed by atoms with Crippen LogP contribution in [-0.4, -0.2) is 22.1 Å². The molecule has 1 fully saturated rings. The number of carbonyl (C=O) groups excluding carboxylic acids is 1. The summed E-state index contributed by atoms with van der Waals surface area (Å²) in [6.07, 6.45) is 2.72. The Balaban J connectivity index is 2.09. The van der Waals surface area contributed by atoms with Gasteiger partial charge in [-0.1, -0.05) is 12.1 Å². The van der Waals surface area contributed by atoms with Crippen LogP contribution in [0.5, 0.6) is 0 Å². The molecule has 0 aromatic carbocycles. The van der Waals surface area contributed by atoms with E-state index in [2.05, 4.69) is 15.5 Å². The maximum atomic E-state index is 11.6. The Hall–Kier alpha value is -1.43. The summed E-state index contributed by atoms with van der Waals surface area (Å²) in [5.74, 6) is 0.0763. The molecular formula is C10H16N4O2. The normalized spacial score (nSPS) is 19.2. The van der Waals surface area contributed by atoms with Gasteiger partial charge in [0.15, 0.2) is 0 Å². The van der Waals surface area contributed by atoms with Crippen LogP contribution in [0.1, 0.15) is 49.6 Å². The lowest BCUT2D eigenvalue weighted by atomic mass is 10.0. The number of amides is 1. The summed E-state index contributed by atoms with van der Waals surface area (Å²) in [6.45, 7) is 3.72. The van der Waals surface area contributed by atoms with Gasteiger partial charge in [-0.05, 0) is 26.2 Å². The van der Waals surface area contributed by atoms with Crippen molar-refractivity contribution in [1.29, 1.82) is 0 Å². The molecule has 1 aromatic rings. The van der Waals surface area contributed by atoms with Gasteiger partial charge >= 0.3 is 0 Å². The van der Waals surface area contributed by atoms with E-state index in [-0.39, 0.29) is 17.8 Å². The van der Waals surface area contributed by atoms with Gasteiger partial charge in [-0.15, -0.1) is 0 Å². The average molecular weight is 224 g/mol. The SMILES string of the molecule is CCC(C)(N)c1nc(C(=O)NC2CC2)no1. The van der Waals surface area contributed by atoms with Crippen LogP contribution >= 0.6 is 0 Å². The third-order valence-electron chi connectivity index (χ3n) is 2.76. The first kappa shape index (κ1) is 11.1. The zero-order valence-electron chi connectivity index (χ0n) is 9.49. The maximum Gasteiger partial charge on any atom is 0.292 e. The molecule has 1 unspecified atom stereocenters. The van der Waals surface area contributed by atoms with Gasteiger partial charge in [0.2, 0.25) is 5.89 Å². The van der Waals surface area contributed by atoms with Crippen LogP contribution in [0.2, 0.25) is 0 Å². The quantitative estimate of drug-likeness (QED) is 0.778. The zero-order chi connectivity index (χ0) is 11.8. The lowest BCUT2D eigenvalue weighted by molar-refractivity contribution is 0.0937. The number of carbonyl (C=O) groups is 1. The van der Waals surface area contributed by atoms with Crippen LogP contribution in [0.3, 0.4) is 0 Å². The summed E-state index contributed by atoms with van der Waals surface area (Å²) in [6, 6.07) is 0.282. The molecule has 1 heterocycles. The van der Waals surface area contributed by atoms with Crippen LogP contribution in [-0.2, 0) is 5.54 Å². The molecule has 6 nitrogen and oxygen atoms in total. The van der Waals surface area contributed by atoms with Gasteiger partial charge in [0, 0.05) is 6.04 Å². The molecule has 88 valence electrons. The molecule has 0 spiro atoms. The van der Waals surface area contributed by atoms with Crippen LogP contribution in [0.4, 0.5) is 0 Å². The Morgan fingerprint density at radius 1 is 1.69 bits per heavy atom. The number of nitrogens with two attached hydrogens (primary N) is 1. The van der Waals surface area contributed by atoms with Crippen molar-refractivity contribution >= 4 is 5.91 Å². The van der Waals surface area contributed by atoms with Gasteiger partial charge in [-0.2, -0.15) is 4.98 Å². The molecule has 1 amide bonds. The van der Waals surface area contributed by atoms with Gasteiger partial charge < -0.3 is 15.6 Å². The highest BCUT2D eigenvalue weighted by atomic mass is 16.5. The highest BCUT2D eigenvalue weighted by molar-refractivity contribution is 5.90. The summed E-state index contributed by atoms with van der Waals surface area (Å²) in [5, 5.41) is 6.42. The highest BCUT2D eigenvalue weighted by Gasteiger charge is 2.30. The fourth-order valence-electron chi connectivity index (χ4n) is 1.18. The van der Waals surface area contributed by atoms with Crippen molar-refractivity contribution in [3.8, 4) is 0 Å². The maximum absolute atomic E-state index is 11.6. The largest absolute Gasteiger partial charge is 0.346 e. The van der Waals surface area contributed by atoms with Crippen molar-refractivity contribution in [3.05, 3.63) is 11.7 Å². The molecule has 1 saturated carbocycles. The molecule has 16 heavy (non-hydrogen) atoms. The average Bonchev–Trinajstić information content (AvgIpc) is 2.91. The predicted molar refractivity (Wildman–Crippen MR) is 56.6 cm³/mol. The monoisotopic (exact) mass is 224 g/mol. The van der Waals surface area contributed by atoms with E-state index >= 15 is 0 Å². The van der Waals surface area contributed by atoms with E-state index in [4.69, 9.17) is 10.3 Å². The van der Waals surface area contributed by atoms with Crippen LogP contribution in [0.25, 0.3) is 0 Å². The third kappa shape index (κ3) is 2.21. The van der Waals surface area contributed by atoms with E-state index < -0.39 is 5.54 Å². The van der Waals surface area contributed by atoms with E-state index in [0.717, 1.165) is 12.8 Å². The van der Waals surface area contributed by atoms with Crippen LogP contribution < -0.4 is 11.1 Å². The van der Waals surface area contributed by atoms with Gasteiger partial charge in [-0.3, -0.25) is 4.79 Å². The number of hydrogen-bond donors (Lipinski definition) is 2. The van der Waals surface area contributed by atoms with Gasteiger partial charge in [-0.25, -0.2) is 0 Å². The zero-order valence-corrected chi connectivity index (χ0v) is 9.49. The first-order valence-electron chi connectivity index (χ1n) is 5.47. The molecule has 0 bridgehead atoms. The number of nitrogens with one attached hydrogen (secondary N) is 1. The molecule has 2 rings (SSSR count). The Morgan fingerprint density at radius 3 is 2.94 bits per heavy atom. The second kappa shape index (κ2) is 3.86. The summed E-state index contributed by atoms with van der Waals surface area (Å²) >= 11 is 0. The molecule has 0 saturated heterocycles. The minimum atomic E-state index is -0.675. The van der Waals surface area contributed by atoms with Crippen molar-refractivity contribution in [2.24, 2.45) is 5.73 Å². The van der Waals surface area contributed by atoms with E-state index in [0.29, 0.717) is 12.3 Å². The topological polar surface area (TPSA) is 94.0 Å². The fraction of sp³-hybridized carbons (Fsp3) is 0.700. The van der Waals surface area contributed by atoms with Gasteiger partial charge in [0.05, 0.1) is 5.54 Å². The van der Waals surface area contributed by atoms with E-state index in [1.807, 2.05) is 6.92 Å².